The second-order valence-corrected chi connectivity index (χ2v) is 3.32. The summed E-state index contributed by atoms with van der Waals surface area (Å²) in [5.74, 6) is -0.576. The summed E-state index contributed by atoms with van der Waals surface area (Å²) < 4.78 is 18.2. The van der Waals surface area contributed by atoms with Crippen LogP contribution in [0.3, 0.4) is 0 Å². The summed E-state index contributed by atoms with van der Waals surface area (Å²) >= 11 is 0. The smallest absolute Gasteiger partial charge is 0.165 e. The molecule has 0 aromatic heterocycles. The van der Waals surface area contributed by atoms with Crippen molar-refractivity contribution in [2.45, 2.75) is 0 Å². The highest BCUT2D eigenvalue weighted by molar-refractivity contribution is 5.90. The van der Waals surface area contributed by atoms with Gasteiger partial charge in [0, 0.05) is 5.39 Å². The minimum atomic E-state index is -0.546. The van der Waals surface area contributed by atoms with Gasteiger partial charge in [-0.25, -0.2) is 4.39 Å². The Morgan fingerprint density at radius 2 is 2.06 bits per heavy atom. The Hall–Kier alpha value is -2.28. The van der Waals surface area contributed by atoms with E-state index in [4.69, 9.17) is 10.00 Å². The van der Waals surface area contributed by atoms with Crippen LogP contribution in [0.1, 0.15) is 5.56 Å². The molecule has 0 amide bonds. The third kappa shape index (κ3) is 1.52. The highest BCUT2D eigenvalue weighted by Gasteiger charge is 2.09. The van der Waals surface area contributed by atoms with Gasteiger partial charge in [-0.3, -0.25) is 0 Å². The SMILES string of the molecule is COc1cc2cc(C#N)cc(O)c2cc1F. The third-order valence-corrected chi connectivity index (χ3v) is 2.33. The highest BCUT2D eigenvalue weighted by atomic mass is 19.1. The molecule has 2 rings (SSSR count). The van der Waals surface area contributed by atoms with Crippen LogP contribution >= 0.6 is 0 Å². The number of nitrogens with zero attached hydrogens (tertiary/aromatic N) is 1. The number of phenolic OH excluding ortho intramolecular Hbond substituents is 1. The van der Waals surface area contributed by atoms with Crippen molar-refractivity contribution in [2.24, 2.45) is 0 Å². The van der Waals surface area contributed by atoms with E-state index in [0.717, 1.165) is 0 Å². The fourth-order valence-corrected chi connectivity index (χ4v) is 1.57. The van der Waals surface area contributed by atoms with Crippen LogP contribution < -0.4 is 4.74 Å². The number of halogens is 1. The van der Waals surface area contributed by atoms with Crippen molar-refractivity contribution in [1.29, 1.82) is 5.26 Å². The molecule has 0 saturated heterocycles. The largest absolute Gasteiger partial charge is 0.507 e. The van der Waals surface area contributed by atoms with Gasteiger partial charge in [-0.05, 0) is 29.7 Å². The molecular weight excluding hydrogens is 209 g/mol. The predicted molar refractivity (Wildman–Crippen MR) is 56.8 cm³/mol. The molecule has 0 unspecified atom stereocenters. The van der Waals surface area contributed by atoms with Gasteiger partial charge in [-0.2, -0.15) is 5.26 Å². The predicted octanol–water partition coefficient (Wildman–Crippen LogP) is 2.56. The second kappa shape index (κ2) is 3.70. The summed E-state index contributed by atoms with van der Waals surface area (Å²) in [6.07, 6.45) is 0. The van der Waals surface area contributed by atoms with Crippen LogP contribution in [0.2, 0.25) is 0 Å². The van der Waals surface area contributed by atoms with E-state index >= 15 is 0 Å². The van der Waals surface area contributed by atoms with Crippen LogP contribution in [0.25, 0.3) is 10.8 Å². The number of hydrogen-bond donors (Lipinski definition) is 1. The Balaban J connectivity index is 2.81. The molecule has 0 aliphatic carbocycles. The van der Waals surface area contributed by atoms with E-state index in [0.29, 0.717) is 16.3 Å². The molecule has 0 aliphatic heterocycles. The zero-order valence-electron chi connectivity index (χ0n) is 8.49. The van der Waals surface area contributed by atoms with E-state index in [1.54, 1.807) is 6.07 Å². The maximum Gasteiger partial charge on any atom is 0.165 e. The fraction of sp³-hybridized carbons (Fsp3) is 0.0833. The maximum atomic E-state index is 13.4. The number of benzene rings is 2. The zero-order chi connectivity index (χ0) is 11.7. The number of hydrogen-bond acceptors (Lipinski definition) is 3. The average Bonchev–Trinajstić information content (AvgIpc) is 2.29. The standard InChI is InChI=1S/C12H8FNO2/c1-16-12-4-8-2-7(6-14)3-11(15)9(8)5-10(12)13/h2-5,15H,1H3. The summed E-state index contributed by atoms with van der Waals surface area (Å²) in [5.41, 5.74) is 0.318. The highest BCUT2D eigenvalue weighted by Crippen LogP contribution is 2.31. The normalized spacial score (nSPS) is 10.1. The summed E-state index contributed by atoms with van der Waals surface area (Å²) in [4.78, 5) is 0. The summed E-state index contributed by atoms with van der Waals surface area (Å²) in [7, 11) is 1.36. The van der Waals surface area contributed by atoms with Crippen LogP contribution in [0, 0.1) is 17.1 Å². The van der Waals surface area contributed by atoms with Crippen molar-refractivity contribution >= 4 is 10.8 Å². The fourth-order valence-electron chi connectivity index (χ4n) is 1.57. The Labute approximate surface area is 91.3 Å². The van der Waals surface area contributed by atoms with E-state index in [1.807, 2.05) is 6.07 Å². The summed E-state index contributed by atoms with van der Waals surface area (Å²) in [6.45, 7) is 0. The van der Waals surface area contributed by atoms with Gasteiger partial charge in [0.2, 0.25) is 0 Å². The number of nitriles is 1. The van der Waals surface area contributed by atoms with Crippen LogP contribution in [-0.2, 0) is 0 Å². The van der Waals surface area contributed by atoms with Gasteiger partial charge in [0.25, 0.3) is 0 Å². The molecule has 2 aromatic rings. The lowest BCUT2D eigenvalue weighted by molar-refractivity contribution is 0.387. The molecule has 80 valence electrons. The van der Waals surface area contributed by atoms with Crippen molar-refractivity contribution in [2.75, 3.05) is 7.11 Å². The third-order valence-electron chi connectivity index (χ3n) is 2.33. The van der Waals surface area contributed by atoms with Crippen molar-refractivity contribution in [3.63, 3.8) is 0 Å². The Morgan fingerprint density at radius 1 is 1.31 bits per heavy atom. The Kier molecular flexibility index (Phi) is 2.37. The lowest BCUT2D eigenvalue weighted by Crippen LogP contribution is -1.89. The van der Waals surface area contributed by atoms with Crippen molar-refractivity contribution in [3.05, 3.63) is 35.6 Å². The molecule has 16 heavy (non-hydrogen) atoms. The lowest BCUT2D eigenvalue weighted by atomic mass is 10.1. The lowest BCUT2D eigenvalue weighted by Gasteiger charge is -2.06. The molecule has 0 saturated carbocycles. The molecule has 0 fully saturated rings. The van der Waals surface area contributed by atoms with E-state index in [1.165, 1.54) is 25.3 Å². The molecular formula is C12H8FNO2. The number of phenols is 1. The monoisotopic (exact) mass is 217 g/mol. The molecule has 3 nitrogen and oxygen atoms in total. The van der Waals surface area contributed by atoms with Crippen LogP contribution in [0.15, 0.2) is 24.3 Å². The van der Waals surface area contributed by atoms with Gasteiger partial charge in [0.05, 0.1) is 18.7 Å². The van der Waals surface area contributed by atoms with Gasteiger partial charge < -0.3 is 9.84 Å². The number of fused-ring (bicyclic) bond motifs is 1. The van der Waals surface area contributed by atoms with Crippen LogP contribution in [0.4, 0.5) is 4.39 Å². The first-order valence-corrected chi connectivity index (χ1v) is 4.56. The topological polar surface area (TPSA) is 53.2 Å². The molecule has 0 heterocycles. The van der Waals surface area contributed by atoms with Gasteiger partial charge in [-0.15, -0.1) is 0 Å². The average molecular weight is 217 g/mol. The molecule has 1 N–H and O–H groups in total. The van der Waals surface area contributed by atoms with Gasteiger partial charge in [0.1, 0.15) is 5.75 Å². The minimum absolute atomic E-state index is 0.0852. The zero-order valence-corrected chi connectivity index (χ0v) is 8.49. The molecule has 2 aromatic carbocycles. The van der Waals surface area contributed by atoms with Gasteiger partial charge >= 0.3 is 0 Å². The van der Waals surface area contributed by atoms with Crippen molar-refractivity contribution in [1.82, 2.24) is 0 Å². The van der Waals surface area contributed by atoms with E-state index in [9.17, 15) is 9.50 Å². The van der Waals surface area contributed by atoms with E-state index < -0.39 is 5.82 Å². The number of aromatic hydroxyl groups is 1. The van der Waals surface area contributed by atoms with Crippen molar-refractivity contribution < 1.29 is 14.2 Å². The minimum Gasteiger partial charge on any atom is -0.507 e. The molecule has 0 radical (unpaired) electrons. The molecule has 0 atom stereocenters. The molecule has 0 bridgehead atoms. The Morgan fingerprint density at radius 3 is 2.69 bits per heavy atom. The maximum absolute atomic E-state index is 13.4. The molecule has 4 heteroatoms. The van der Waals surface area contributed by atoms with E-state index in [-0.39, 0.29) is 11.5 Å². The van der Waals surface area contributed by atoms with E-state index in [2.05, 4.69) is 0 Å². The first kappa shape index (κ1) is 10.2. The second-order valence-electron chi connectivity index (χ2n) is 3.32. The molecule has 0 spiro atoms. The van der Waals surface area contributed by atoms with Gasteiger partial charge in [-0.1, -0.05) is 0 Å². The quantitative estimate of drug-likeness (QED) is 0.798. The number of ether oxygens (including phenoxy) is 1. The summed E-state index contributed by atoms with van der Waals surface area (Å²) in [5, 5.41) is 19.3. The molecule has 0 aliphatic rings. The first-order valence-electron chi connectivity index (χ1n) is 4.56. The summed E-state index contributed by atoms with van der Waals surface area (Å²) in [6, 6.07) is 7.42. The van der Waals surface area contributed by atoms with Crippen molar-refractivity contribution in [3.8, 4) is 17.6 Å². The van der Waals surface area contributed by atoms with Crippen LogP contribution in [0.5, 0.6) is 11.5 Å². The van der Waals surface area contributed by atoms with Crippen LogP contribution in [-0.4, -0.2) is 12.2 Å². The Bertz CT molecular complexity index is 602. The number of rotatable bonds is 1. The van der Waals surface area contributed by atoms with Gasteiger partial charge in [0.15, 0.2) is 11.6 Å². The number of methoxy groups -OCH3 is 1. The first-order chi connectivity index (χ1) is 7.65.